The normalized spacial score (nSPS) is 17.6. The third kappa shape index (κ3) is 4.80. The number of nitrogens with zero attached hydrogens (tertiary/aromatic N) is 1. The van der Waals surface area contributed by atoms with E-state index >= 15 is 0 Å². The first-order chi connectivity index (χ1) is 17.5. The maximum atomic E-state index is 13.6. The summed E-state index contributed by atoms with van der Waals surface area (Å²) in [5.41, 5.74) is 1.01. The molecule has 188 valence electrons. The molecule has 0 radical (unpaired) electrons. The van der Waals surface area contributed by atoms with E-state index < -0.39 is 11.4 Å². The first kappa shape index (κ1) is 23.9. The van der Waals surface area contributed by atoms with Gasteiger partial charge in [0.15, 0.2) is 11.5 Å². The minimum absolute atomic E-state index is 0.191. The van der Waals surface area contributed by atoms with Crippen LogP contribution in [0.4, 0.5) is 11.4 Å². The van der Waals surface area contributed by atoms with E-state index in [0.717, 1.165) is 43.3 Å². The summed E-state index contributed by atoms with van der Waals surface area (Å²) in [5.74, 6) is 0.336. The molecule has 0 atom stereocenters. The van der Waals surface area contributed by atoms with Crippen LogP contribution in [0.5, 0.6) is 5.75 Å². The summed E-state index contributed by atoms with van der Waals surface area (Å²) in [6.45, 7) is 1.14. The number of carbonyl (C=O) groups is 3. The number of piperidine rings is 1. The lowest BCUT2D eigenvalue weighted by molar-refractivity contribution is -0.123. The third-order valence-electron chi connectivity index (χ3n) is 7.17. The van der Waals surface area contributed by atoms with Gasteiger partial charge < -0.3 is 24.7 Å². The van der Waals surface area contributed by atoms with E-state index in [-0.39, 0.29) is 17.5 Å². The van der Waals surface area contributed by atoms with Crippen LogP contribution in [-0.4, -0.2) is 43.3 Å². The second kappa shape index (κ2) is 10.0. The average molecular weight is 490 g/mol. The molecule has 2 amide bonds. The molecule has 2 fully saturated rings. The number of anilines is 2. The molecule has 0 spiro atoms. The van der Waals surface area contributed by atoms with Crippen molar-refractivity contribution in [1.29, 1.82) is 0 Å². The summed E-state index contributed by atoms with van der Waals surface area (Å²) in [6.07, 6.45) is 5.24. The van der Waals surface area contributed by atoms with Crippen LogP contribution in [0.25, 0.3) is 11.0 Å². The fraction of sp³-hybridized carbons (Fsp3) is 0.393. The summed E-state index contributed by atoms with van der Waals surface area (Å²) in [4.78, 5) is 40.7. The van der Waals surface area contributed by atoms with Gasteiger partial charge in [-0.1, -0.05) is 37.5 Å². The number of rotatable bonds is 6. The number of fused-ring (bicyclic) bond motifs is 1. The van der Waals surface area contributed by atoms with E-state index in [0.29, 0.717) is 42.8 Å². The lowest BCUT2D eigenvalue weighted by Gasteiger charge is -2.36. The molecule has 2 aromatic carbocycles. The average Bonchev–Trinajstić information content (AvgIpc) is 3.34. The van der Waals surface area contributed by atoms with Gasteiger partial charge in [-0.3, -0.25) is 14.4 Å². The number of ketones is 1. The highest BCUT2D eigenvalue weighted by atomic mass is 16.5. The molecular formula is C28H31N3O5. The van der Waals surface area contributed by atoms with E-state index in [1.54, 1.807) is 19.2 Å². The number of hydrogen-bond donors (Lipinski definition) is 2. The van der Waals surface area contributed by atoms with Crippen molar-refractivity contribution in [2.24, 2.45) is 0 Å². The van der Waals surface area contributed by atoms with E-state index in [2.05, 4.69) is 10.6 Å². The van der Waals surface area contributed by atoms with E-state index in [4.69, 9.17) is 9.15 Å². The number of benzene rings is 2. The van der Waals surface area contributed by atoms with Gasteiger partial charge in [0.25, 0.3) is 5.91 Å². The van der Waals surface area contributed by atoms with Gasteiger partial charge in [0.2, 0.25) is 5.91 Å². The number of methoxy groups -OCH3 is 1. The molecule has 8 nitrogen and oxygen atoms in total. The van der Waals surface area contributed by atoms with Crippen molar-refractivity contribution in [3.05, 3.63) is 54.3 Å². The summed E-state index contributed by atoms with van der Waals surface area (Å²) in [7, 11) is 1.58. The first-order valence-corrected chi connectivity index (χ1v) is 12.5. The zero-order valence-corrected chi connectivity index (χ0v) is 20.5. The molecule has 3 aromatic rings. The highest BCUT2D eigenvalue weighted by Crippen LogP contribution is 2.35. The maximum Gasteiger partial charge on any atom is 0.287 e. The second-order valence-electron chi connectivity index (χ2n) is 9.65. The Labute approximate surface area is 210 Å². The fourth-order valence-electron chi connectivity index (χ4n) is 5.25. The highest BCUT2D eigenvalue weighted by molar-refractivity contribution is 6.04. The molecule has 2 N–H and O–H groups in total. The molecule has 1 aliphatic carbocycles. The topological polar surface area (TPSA) is 101 Å². The maximum absolute atomic E-state index is 13.6. The van der Waals surface area contributed by atoms with Gasteiger partial charge in [-0.15, -0.1) is 0 Å². The predicted molar refractivity (Wildman–Crippen MR) is 138 cm³/mol. The summed E-state index contributed by atoms with van der Waals surface area (Å²) in [6, 6.07) is 14.6. The van der Waals surface area contributed by atoms with E-state index in [9.17, 15) is 14.4 Å². The number of ether oxygens (including phenoxy) is 1. The number of para-hydroxylation sites is 1. The van der Waals surface area contributed by atoms with Crippen LogP contribution in [0.15, 0.2) is 52.9 Å². The molecule has 0 bridgehead atoms. The van der Waals surface area contributed by atoms with Crippen LogP contribution in [0, 0.1) is 0 Å². The molecule has 2 heterocycles. The van der Waals surface area contributed by atoms with Crippen molar-refractivity contribution in [3.63, 3.8) is 0 Å². The lowest BCUT2D eigenvalue weighted by atomic mass is 9.80. The Bertz CT molecular complexity index is 1260. The second-order valence-corrected chi connectivity index (χ2v) is 9.65. The molecule has 0 unspecified atom stereocenters. The summed E-state index contributed by atoms with van der Waals surface area (Å²) >= 11 is 0. The van der Waals surface area contributed by atoms with Gasteiger partial charge in [0, 0.05) is 30.1 Å². The Morgan fingerprint density at radius 2 is 1.83 bits per heavy atom. The minimum Gasteiger partial charge on any atom is -0.495 e. The monoisotopic (exact) mass is 489 g/mol. The van der Waals surface area contributed by atoms with Crippen molar-refractivity contribution >= 4 is 39.9 Å². The van der Waals surface area contributed by atoms with Gasteiger partial charge in [-0.25, -0.2) is 0 Å². The highest BCUT2D eigenvalue weighted by Gasteiger charge is 2.41. The van der Waals surface area contributed by atoms with E-state index in [1.807, 2.05) is 41.3 Å². The number of nitrogens with one attached hydrogen (secondary N) is 2. The van der Waals surface area contributed by atoms with Crippen LogP contribution in [0.3, 0.4) is 0 Å². The van der Waals surface area contributed by atoms with Crippen LogP contribution in [0.2, 0.25) is 0 Å². The molecule has 2 aliphatic rings. The molecule has 1 aliphatic heterocycles. The van der Waals surface area contributed by atoms with E-state index in [1.165, 1.54) is 0 Å². The zero-order valence-electron chi connectivity index (χ0n) is 20.5. The number of hydrogen-bond acceptors (Lipinski definition) is 6. The van der Waals surface area contributed by atoms with Gasteiger partial charge >= 0.3 is 0 Å². The Balaban J connectivity index is 1.35. The van der Waals surface area contributed by atoms with Gasteiger partial charge in [0.1, 0.15) is 16.9 Å². The minimum atomic E-state index is -1.03. The van der Waals surface area contributed by atoms with Crippen molar-refractivity contribution in [2.45, 2.75) is 50.5 Å². The van der Waals surface area contributed by atoms with Crippen molar-refractivity contribution in [1.82, 2.24) is 5.32 Å². The lowest BCUT2D eigenvalue weighted by Crippen LogP contribution is -2.57. The van der Waals surface area contributed by atoms with Crippen molar-refractivity contribution in [2.75, 3.05) is 30.4 Å². The van der Waals surface area contributed by atoms with Crippen LogP contribution < -0.4 is 20.3 Å². The van der Waals surface area contributed by atoms with Crippen molar-refractivity contribution < 1.29 is 23.5 Å². The number of furan rings is 1. The Morgan fingerprint density at radius 3 is 2.58 bits per heavy atom. The standard InChI is InChI=1S/C28H31N3O5/c1-35-24-17-20(11-12-22(24)31-15-7-9-21(32)18-31)29-27(34)28(13-5-2-6-14-28)30-26(33)25-16-19-8-3-4-10-23(19)36-25/h3-4,8,10-12,16-17H,2,5-7,9,13-15,18H2,1H3,(H,29,34)(H,30,33). The molecule has 1 saturated heterocycles. The largest absolute Gasteiger partial charge is 0.495 e. The van der Waals surface area contributed by atoms with Crippen molar-refractivity contribution in [3.8, 4) is 5.75 Å². The van der Waals surface area contributed by atoms with Gasteiger partial charge in [-0.2, -0.15) is 0 Å². The summed E-state index contributed by atoms with van der Waals surface area (Å²) < 4.78 is 11.3. The van der Waals surface area contributed by atoms with Crippen LogP contribution >= 0.6 is 0 Å². The predicted octanol–water partition coefficient (Wildman–Crippen LogP) is 4.68. The Hall–Kier alpha value is -3.81. The molecule has 5 rings (SSSR count). The quantitative estimate of drug-likeness (QED) is 0.521. The Kier molecular flexibility index (Phi) is 6.67. The molecule has 36 heavy (non-hydrogen) atoms. The molecular weight excluding hydrogens is 458 g/mol. The third-order valence-corrected chi connectivity index (χ3v) is 7.17. The van der Waals surface area contributed by atoms with Crippen LogP contribution in [0.1, 0.15) is 55.5 Å². The van der Waals surface area contributed by atoms with Gasteiger partial charge in [-0.05, 0) is 43.5 Å². The number of carbonyl (C=O) groups excluding carboxylic acids is 3. The first-order valence-electron chi connectivity index (χ1n) is 12.5. The smallest absolute Gasteiger partial charge is 0.287 e. The number of Topliss-reactive ketones (excluding diaryl/α,β-unsaturated/α-hetero) is 1. The SMILES string of the molecule is COc1cc(NC(=O)C2(NC(=O)c3cc4ccccc4o3)CCCCC2)ccc1N1CCCC(=O)C1. The van der Waals surface area contributed by atoms with Gasteiger partial charge in [0.05, 0.1) is 19.3 Å². The zero-order chi connectivity index (χ0) is 25.1. The molecule has 1 aromatic heterocycles. The fourth-order valence-corrected chi connectivity index (χ4v) is 5.25. The molecule has 1 saturated carbocycles. The molecule has 8 heteroatoms. The number of amides is 2. The Morgan fingerprint density at radius 1 is 1.03 bits per heavy atom. The summed E-state index contributed by atoms with van der Waals surface area (Å²) in [5, 5.41) is 6.84. The van der Waals surface area contributed by atoms with Crippen LogP contribution in [-0.2, 0) is 9.59 Å².